The van der Waals surface area contributed by atoms with E-state index < -0.39 is 5.97 Å². The van der Waals surface area contributed by atoms with Gasteiger partial charge in [-0.2, -0.15) is 5.10 Å². The largest absolute Gasteiger partial charge is 0.478 e. The smallest absolute Gasteiger partial charge is 0.336 e. The second-order valence-electron chi connectivity index (χ2n) is 7.26. The molecule has 0 atom stereocenters. The number of carboxylic acid groups (broad SMARTS) is 1. The zero-order valence-corrected chi connectivity index (χ0v) is 17.3. The molecule has 5 nitrogen and oxygen atoms in total. The van der Waals surface area contributed by atoms with Crippen molar-refractivity contribution >= 4 is 5.97 Å². The number of ether oxygens (including phenoxy) is 1. The van der Waals surface area contributed by atoms with Gasteiger partial charge >= 0.3 is 5.97 Å². The molecule has 0 amide bonds. The first kappa shape index (κ1) is 20.8. The highest BCUT2D eigenvalue weighted by atomic mass is 16.5. The molecule has 0 spiro atoms. The molecule has 0 unspecified atom stereocenters. The summed E-state index contributed by atoms with van der Waals surface area (Å²) in [4.78, 5) is 11.5. The molecule has 0 bridgehead atoms. The summed E-state index contributed by atoms with van der Waals surface area (Å²) in [7, 11) is 3.69. The molecular formula is C24H28N2O3. The van der Waals surface area contributed by atoms with Gasteiger partial charge in [-0.1, -0.05) is 55.8 Å². The number of rotatable bonds is 9. The minimum Gasteiger partial charge on any atom is -0.478 e. The maximum atomic E-state index is 11.5. The maximum Gasteiger partial charge on any atom is 0.336 e. The molecule has 0 saturated carbocycles. The molecule has 1 aromatic heterocycles. The Kier molecular flexibility index (Phi) is 6.83. The predicted molar refractivity (Wildman–Crippen MR) is 114 cm³/mol. The number of carbonyl (C=O) groups is 1. The SMILES string of the molecule is CCCCc1c(Cc2ccc(-c3ccccc3C(=O)O)cc2)c(COC)nn1C. The Morgan fingerprint density at radius 2 is 1.86 bits per heavy atom. The van der Waals surface area contributed by atoms with Gasteiger partial charge in [0.25, 0.3) is 0 Å². The second kappa shape index (κ2) is 9.52. The summed E-state index contributed by atoms with van der Waals surface area (Å²) in [5, 5.41) is 14.1. The minimum absolute atomic E-state index is 0.316. The average molecular weight is 392 g/mol. The number of aromatic nitrogens is 2. The lowest BCUT2D eigenvalue weighted by molar-refractivity contribution is 0.0697. The quantitative estimate of drug-likeness (QED) is 0.564. The molecule has 5 heteroatoms. The van der Waals surface area contributed by atoms with Gasteiger partial charge in [0.1, 0.15) is 0 Å². The van der Waals surface area contributed by atoms with E-state index in [2.05, 4.69) is 24.2 Å². The first-order valence-corrected chi connectivity index (χ1v) is 9.99. The Morgan fingerprint density at radius 3 is 2.52 bits per heavy atom. The monoisotopic (exact) mass is 392 g/mol. The number of carboxylic acids is 1. The predicted octanol–water partition coefficient (Wildman–Crippen LogP) is 4.87. The van der Waals surface area contributed by atoms with E-state index in [1.807, 2.05) is 36.0 Å². The van der Waals surface area contributed by atoms with Crippen LogP contribution in [0.4, 0.5) is 0 Å². The van der Waals surface area contributed by atoms with Gasteiger partial charge in [0.2, 0.25) is 0 Å². The highest BCUT2D eigenvalue weighted by Gasteiger charge is 2.17. The van der Waals surface area contributed by atoms with Gasteiger partial charge in [-0.3, -0.25) is 4.68 Å². The van der Waals surface area contributed by atoms with Crippen molar-refractivity contribution in [1.29, 1.82) is 0 Å². The Bertz CT molecular complexity index is 974. The zero-order valence-electron chi connectivity index (χ0n) is 17.3. The fraction of sp³-hybridized carbons (Fsp3) is 0.333. The summed E-state index contributed by atoms with van der Waals surface area (Å²) in [6, 6.07) is 15.2. The van der Waals surface area contributed by atoms with Crippen LogP contribution in [0.5, 0.6) is 0 Å². The van der Waals surface area contributed by atoms with Gasteiger partial charge in [-0.25, -0.2) is 4.79 Å². The van der Waals surface area contributed by atoms with E-state index in [0.717, 1.165) is 42.5 Å². The summed E-state index contributed by atoms with van der Waals surface area (Å²) in [6.45, 7) is 2.69. The number of hydrogen-bond acceptors (Lipinski definition) is 3. The van der Waals surface area contributed by atoms with Crippen LogP contribution < -0.4 is 0 Å². The fourth-order valence-electron chi connectivity index (χ4n) is 3.70. The van der Waals surface area contributed by atoms with Gasteiger partial charge in [0.05, 0.1) is 17.9 Å². The number of hydrogen-bond donors (Lipinski definition) is 1. The van der Waals surface area contributed by atoms with Crippen molar-refractivity contribution < 1.29 is 14.6 Å². The van der Waals surface area contributed by atoms with E-state index in [1.54, 1.807) is 19.2 Å². The van der Waals surface area contributed by atoms with Crippen LogP contribution in [-0.4, -0.2) is 28.0 Å². The maximum absolute atomic E-state index is 11.5. The van der Waals surface area contributed by atoms with Gasteiger partial charge in [0, 0.05) is 31.8 Å². The molecule has 3 aromatic rings. The van der Waals surface area contributed by atoms with Crippen molar-refractivity contribution in [3.63, 3.8) is 0 Å². The second-order valence-corrected chi connectivity index (χ2v) is 7.26. The minimum atomic E-state index is -0.912. The van der Waals surface area contributed by atoms with Crippen LogP contribution in [0.25, 0.3) is 11.1 Å². The first-order valence-electron chi connectivity index (χ1n) is 9.99. The molecule has 0 aliphatic heterocycles. The van der Waals surface area contributed by atoms with Gasteiger partial charge in [0.15, 0.2) is 0 Å². The van der Waals surface area contributed by atoms with Crippen LogP contribution >= 0.6 is 0 Å². The molecule has 3 rings (SSSR count). The highest BCUT2D eigenvalue weighted by Crippen LogP contribution is 2.26. The number of aromatic carboxylic acids is 1. The van der Waals surface area contributed by atoms with Crippen LogP contribution in [-0.2, 0) is 31.2 Å². The summed E-state index contributed by atoms with van der Waals surface area (Å²) in [5.74, 6) is -0.912. The standard InChI is InChI=1S/C24H28N2O3/c1-4-5-10-23-21(22(16-29-3)25-26(23)2)15-17-11-13-18(14-12-17)19-8-6-7-9-20(19)24(27)28/h6-9,11-14H,4-5,10,15-16H2,1-3H3,(H,27,28). The lowest BCUT2D eigenvalue weighted by Crippen LogP contribution is -2.02. The lowest BCUT2D eigenvalue weighted by atomic mass is 9.96. The van der Waals surface area contributed by atoms with Crippen molar-refractivity contribution in [3.05, 3.63) is 76.6 Å². The van der Waals surface area contributed by atoms with Crippen molar-refractivity contribution in [2.75, 3.05) is 7.11 Å². The molecule has 0 saturated heterocycles. The third-order valence-corrected chi connectivity index (χ3v) is 5.21. The molecular weight excluding hydrogens is 364 g/mol. The number of aryl methyl sites for hydroxylation is 1. The molecule has 29 heavy (non-hydrogen) atoms. The Hall–Kier alpha value is -2.92. The van der Waals surface area contributed by atoms with Gasteiger partial charge in [-0.15, -0.1) is 0 Å². The normalized spacial score (nSPS) is 11.0. The topological polar surface area (TPSA) is 64.3 Å². The van der Waals surface area contributed by atoms with Crippen molar-refractivity contribution in [2.24, 2.45) is 7.05 Å². The van der Waals surface area contributed by atoms with Crippen molar-refractivity contribution in [1.82, 2.24) is 9.78 Å². The Balaban J connectivity index is 1.90. The van der Waals surface area contributed by atoms with Crippen molar-refractivity contribution in [3.8, 4) is 11.1 Å². The van der Waals surface area contributed by atoms with E-state index in [4.69, 9.17) is 4.74 Å². The molecule has 152 valence electrons. The van der Waals surface area contributed by atoms with E-state index in [-0.39, 0.29) is 0 Å². The van der Waals surface area contributed by atoms with Crippen LogP contribution in [0.1, 0.15) is 52.6 Å². The summed E-state index contributed by atoms with van der Waals surface area (Å²) in [5.41, 5.74) is 6.61. The first-order chi connectivity index (χ1) is 14.0. The Morgan fingerprint density at radius 1 is 1.14 bits per heavy atom. The van der Waals surface area contributed by atoms with E-state index in [0.29, 0.717) is 12.2 Å². The molecule has 0 aliphatic rings. The molecule has 1 N–H and O–H groups in total. The molecule has 0 fully saturated rings. The van der Waals surface area contributed by atoms with Gasteiger partial charge in [-0.05, 0) is 35.6 Å². The average Bonchev–Trinajstić information content (AvgIpc) is 3.01. The van der Waals surface area contributed by atoms with Crippen molar-refractivity contribution in [2.45, 2.75) is 39.2 Å². The Labute approximate surface area is 172 Å². The summed E-state index contributed by atoms with van der Waals surface area (Å²) >= 11 is 0. The molecule has 2 aromatic carbocycles. The third-order valence-electron chi connectivity index (χ3n) is 5.21. The van der Waals surface area contributed by atoms with Gasteiger partial charge < -0.3 is 9.84 Å². The van der Waals surface area contributed by atoms with Crippen LogP contribution in [0.2, 0.25) is 0 Å². The summed E-state index contributed by atoms with van der Waals surface area (Å²) < 4.78 is 7.34. The van der Waals surface area contributed by atoms with Crippen LogP contribution in [0.15, 0.2) is 48.5 Å². The lowest BCUT2D eigenvalue weighted by Gasteiger charge is -2.10. The fourth-order valence-corrected chi connectivity index (χ4v) is 3.70. The van der Waals surface area contributed by atoms with Crippen LogP contribution in [0.3, 0.4) is 0 Å². The van der Waals surface area contributed by atoms with E-state index >= 15 is 0 Å². The molecule has 1 heterocycles. The highest BCUT2D eigenvalue weighted by molar-refractivity contribution is 5.95. The number of nitrogens with zero attached hydrogens (tertiary/aromatic N) is 2. The molecule has 0 aliphatic carbocycles. The number of benzene rings is 2. The zero-order chi connectivity index (χ0) is 20.8. The number of unbranched alkanes of at least 4 members (excludes halogenated alkanes) is 1. The summed E-state index contributed by atoms with van der Waals surface area (Å²) in [6.07, 6.45) is 4.06. The van der Waals surface area contributed by atoms with E-state index in [1.165, 1.54) is 16.8 Å². The molecule has 0 radical (unpaired) electrons. The van der Waals surface area contributed by atoms with Crippen LogP contribution in [0, 0.1) is 0 Å². The van der Waals surface area contributed by atoms with E-state index in [9.17, 15) is 9.90 Å². The third kappa shape index (κ3) is 4.74. The number of methoxy groups -OCH3 is 1.